The number of carbonyl (C=O) groups is 1. The van der Waals surface area contributed by atoms with E-state index in [1.807, 2.05) is 0 Å². The van der Waals surface area contributed by atoms with Crippen molar-refractivity contribution in [2.45, 2.75) is 11.7 Å². The van der Waals surface area contributed by atoms with Crippen LogP contribution >= 0.6 is 11.8 Å². The molecule has 2 aromatic rings. The largest absolute Gasteiger partial charge is 0.350 e. The van der Waals surface area contributed by atoms with Crippen molar-refractivity contribution in [2.24, 2.45) is 0 Å². The molecule has 0 bridgehead atoms. The monoisotopic (exact) mass is 351 g/mol. The molecule has 0 aromatic carbocycles. The molecule has 2 aromatic heterocycles. The summed E-state index contributed by atoms with van der Waals surface area (Å²) in [5, 5.41) is 21.4. The minimum absolute atomic E-state index is 0.207. The minimum Gasteiger partial charge on any atom is -0.350 e. The number of thioether (sulfide) groups is 1. The zero-order valence-corrected chi connectivity index (χ0v) is 14.1. The molecule has 3 N–H and O–H groups in total. The Hall–Kier alpha value is -1.98. The van der Waals surface area contributed by atoms with Crippen LogP contribution in [0.4, 0.5) is 0 Å². The number of carbonyl (C=O) groups excluding carboxylic acids is 1. The number of hydrogen-bond donors (Lipinski definition) is 3. The maximum absolute atomic E-state index is 12.0. The SMILES string of the molecule is O=C(NCCSc1ncn[nH]1)c1cn(CCN2CCNCC2)nn1. The Morgan fingerprint density at radius 2 is 2.21 bits per heavy atom. The summed E-state index contributed by atoms with van der Waals surface area (Å²) in [5.74, 6) is 0.500. The van der Waals surface area contributed by atoms with E-state index in [1.54, 1.807) is 10.9 Å². The zero-order valence-electron chi connectivity index (χ0n) is 13.3. The summed E-state index contributed by atoms with van der Waals surface area (Å²) in [7, 11) is 0. The Kier molecular flexibility index (Phi) is 6.15. The summed E-state index contributed by atoms with van der Waals surface area (Å²) >= 11 is 1.50. The fraction of sp³-hybridized carbons (Fsp3) is 0.615. The average molecular weight is 351 g/mol. The number of aromatic nitrogens is 6. The first-order valence-corrected chi connectivity index (χ1v) is 8.89. The molecule has 1 fully saturated rings. The maximum Gasteiger partial charge on any atom is 0.273 e. The van der Waals surface area contributed by atoms with E-state index in [1.165, 1.54) is 18.1 Å². The van der Waals surface area contributed by atoms with Gasteiger partial charge < -0.3 is 10.6 Å². The molecule has 0 atom stereocenters. The van der Waals surface area contributed by atoms with Gasteiger partial charge in [-0.15, -0.1) is 5.10 Å². The van der Waals surface area contributed by atoms with Crippen LogP contribution in [0.15, 0.2) is 17.7 Å². The minimum atomic E-state index is -0.207. The van der Waals surface area contributed by atoms with E-state index in [2.05, 4.69) is 41.0 Å². The summed E-state index contributed by atoms with van der Waals surface area (Å²) in [6, 6.07) is 0. The van der Waals surface area contributed by atoms with Crippen LogP contribution in [0, 0.1) is 0 Å². The first-order chi connectivity index (χ1) is 11.8. The predicted octanol–water partition coefficient (Wildman–Crippen LogP) is -1.18. The zero-order chi connectivity index (χ0) is 16.6. The van der Waals surface area contributed by atoms with Gasteiger partial charge in [0.05, 0.1) is 12.7 Å². The van der Waals surface area contributed by atoms with Gasteiger partial charge in [0.2, 0.25) is 0 Å². The van der Waals surface area contributed by atoms with Gasteiger partial charge in [-0.25, -0.2) is 4.98 Å². The van der Waals surface area contributed by atoms with Crippen LogP contribution in [0.25, 0.3) is 0 Å². The van der Waals surface area contributed by atoms with Crippen LogP contribution in [0.1, 0.15) is 10.5 Å². The summed E-state index contributed by atoms with van der Waals surface area (Å²) in [4.78, 5) is 18.4. The predicted molar refractivity (Wildman–Crippen MR) is 88.8 cm³/mol. The van der Waals surface area contributed by atoms with Crippen molar-refractivity contribution in [2.75, 3.05) is 45.0 Å². The molecule has 3 heterocycles. The number of nitrogens with zero attached hydrogens (tertiary/aromatic N) is 6. The smallest absolute Gasteiger partial charge is 0.273 e. The highest BCUT2D eigenvalue weighted by atomic mass is 32.2. The molecule has 0 aliphatic carbocycles. The van der Waals surface area contributed by atoms with Crippen molar-refractivity contribution >= 4 is 17.7 Å². The standard InChI is InChI=1S/C13H21N9OS/c23-12(15-3-8-24-13-16-10-17-19-13)11-9-22(20-18-11)7-6-21-4-1-14-2-5-21/h9-10,14H,1-8H2,(H,15,23)(H,16,17,19). The van der Waals surface area contributed by atoms with Gasteiger partial charge in [-0.3, -0.25) is 19.5 Å². The molecule has 1 saturated heterocycles. The van der Waals surface area contributed by atoms with Gasteiger partial charge in [0.25, 0.3) is 5.91 Å². The van der Waals surface area contributed by atoms with Gasteiger partial charge in [0, 0.05) is 45.0 Å². The van der Waals surface area contributed by atoms with Crippen LogP contribution in [0.2, 0.25) is 0 Å². The van der Waals surface area contributed by atoms with E-state index in [4.69, 9.17) is 0 Å². The highest BCUT2D eigenvalue weighted by Crippen LogP contribution is 2.08. The van der Waals surface area contributed by atoms with Gasteiger partial charge in [0.15, 0.2) is 10.9 Å². The molecule has 11 heteroatoms. The summed E-state index contributed by atoms with van der Waals surface area (Å²) in [5.41, 5.74) is 0.347. The average Bonchev–Trinajstić information content (AvgIpc) is 3.29. The van der Waals surface area contributed by atoms with Crippen LogP contribution in [0.3, 0.4) is 0 Å². The lowest BCUT2D eigenvalue weighted by atomic mass is 10.3. The first kappa shape index (κ1) is 16.9. The van der Waals surface area contributed by atoms with Gasteiger partial charge in [0.1, 0.15) is 6.33 Å². The quantitative estimate of drug-likeness (QED) is 0.402. The molecular weight excluding hydrogens is 330 g/mol. The molecule has 3 rings (SSSR count). The second-order valence-electron chi connectivity index (χ2n) is 5.35. The molecule has 1 aliphatic rings. The molecule has 10 nitrogen and oxygen atoms in total. The lowest BCUT2D eigenvalue weighted by Gasteiger charge is -2.26. The topological polar surface area (TPSA) is 117 Å². The number of nitrogens with one attached hydrogen (secondary N) is 3. The number of H-pyrrole nitrogens is 1. The van der Waals surface area contributed by atoms with E-state index in [0.29, 0.717) is 18.0 Å². The summed E-state index contributed by atoms with van der Waals surface area (Å²) in [6.45, 7) is 6.32. The van der Waals surface area contributed by atoms with Gasteiger partial charge in [-0.05, 0) is 0 Å². The molecular formula is C13H21N9OS. The van der Waals surface area contributed by atoms with Crippen LogP contribution < -0.4 is 10.6 Å². The normalized spacial score (nSPS) is 15.5. The van der Waals surface area contributed by atoms with Crippen molar-refractivity contribution in [3.05, 3.63) is 18.2 Å². The Morgan fingerprint density at radius 1 is 1.33 bits per heavy atom. The number of aromatic amines is 1. The van der Waals surface area contributed by atoms with Crippen molar-refractivity contribution in [1.82, 2.24) is 45.7 Å². The van der Waals surface area contributed by atoms with Crippen molar-refractivity contribution in [3.8, 4) is 0 Å². The number of rotatable bonds is 8. The number of piperazine rings is 1. The van der Waals surface area contributed by atoms with Crippen LogP contribution in [-0.2, 0) is 6.54 Å². The van der Waals surface area contributed by atoms with Gasteiger partial charge >= 0.3 is 0 Å². The molecule has 0 unspecified atom stereocenters. The highest BCUT2D eigenvalue weighted by Gasteiger charge is 2.12. The Labute approximate surface area is 143 Å². The van der Waals surface area contributed by atoms with Gasteiger partial charge in [-0.2, -0.15) is 5.10 Å². The third kappa shape index (κ3) is 5.01. The third-order valence-electron chi connectivity index (χ3n) is 3.65. The van der Waals surface area contributed by atoms with Crippen molar-refractivity contribution < 1.29 is 4.79 Å². The van der Waals surface area contributed by atoms with Gasteiger partial charge in [-0.1, -0.05) is 17.0 Å². The summed E-state index contributed by atoms with van der Waals surface area (Å²) < 4.78 is 1.72. The molecule has 0 saturated carbocycles. The third-order valence-corrected chi connectivity index (χ3v) is 4.52. The fourth-order valence-electron chi connectivity index (χ4n) is 2.36. The molecule has 1 aliphatic heterocycles. The van der Waals surface area contributed by atoms with Crippen LogP contribution in [-0.4, -0.2) is 86.0 Å². The van der Waals surface area contributed by atoms with E-state index in [-0.39, 0.29) is 5.91 Å². The van der Waals surface area contributed by atoms with E-state index >= 15 is 0 Å². The fourth-order valence-corrected chi connectivity index (χ4v) is 2.99. The number of amides is 1. The van der Waals surface area contributed by atoms with E-state index < -0.39 is 0 Å². The Morgan fingerprint density at radius 3 is 3.00 bits per heavy atom. The molecule has 1 amide bonds. The second-order valence-corrected chi connectivity index (χ2v) is 6.44. The number of hydrogen-bond acceptors (Lipinski definition) is 8. The lowest BCUT2D eigenvalue weighted by molar-refractivity contribution is 0.0951. The molecule has 0 radical (unpaired) electrons. The van der Waals surface area contributed by atoms with Crippen LogP contribution in [0.5, 0.6) is 0 Å². The first-order valence-electron chi connectivity index (χ1n) is 7.91. The molecule has 130 valence electrons. The summed E-state index contributed by atoms with van der Waals surface area (Å²) in [6.07, 6.45) is 3.15. The lowest BCUT2D eigenvalue weighted by Crippen LogP contribution is -2.44. The van der Waals surface area contributed by atoms with E-state index in [9.17, 15) is 4.79 Å². The van der Waals surface area contributed by atoms with E-state index in [0.717, 1.165) is 44.4 Å². The maximum atomic E-state index is 12.0. The van der Waals surface area contributed by atoms with Crippen molar-refractivity contribution in [3.63, 3.8) is 0 Å². The Bertz CT molecular complexity index is 623. The molecule has 24 heavy (non-hydrogen) atoms. The highest BCUT2D eigenvalue weighted by molar-refractivity contribution is 7.99. The van der Waals surface area contributed by atoms with Crippen molar-refractivity contribution in [1.29, 1.82) is 0 Å². The molecule has 0 spiro atoms. The second kappa shape index (κ2) is 8.76. The Balaban J connectivity index is 1.36.